The third-order valence-corrected chi connectivity index (χ3v) is 8.91. The smallest absolute Gasteiger partial charge is 0.243 e. The molecule has 1 amide bonds. The Bertz CT molecular complexity index is 951. The molecule has 0 atom stereocenters. The Labute approximate surface area is 184 Å². The summed E-state index contributed by atoms with van der Waals surface area (Å²) in [5.41, 5.74) is 0. The highest BCUT2D eigenvalue weighted by Gasteiger charge is 2.33. The van der Waals surface area contributed by atoms with Gasteiger partial charge < -0.3 is 10.1 Å². The second-order valence-corrected chi connectivity index (χ2v) is 11.5. The van der Waals surface area contributed by atoms with Crippen LogP contribution in [-0.4, -0.2) is 65.9 Å². The Balaban J connectivity index is 1.53. The van der Waals surface area contributed by atoms with E-state index in [-0.39, 0.29) is 40.7 Å². The molecule has 0 radical (unpaired) electrons. The summed E-state index contributed by atoms with van der Waals surface area (Å²) in [6, 6.07) is 5.28. The van der Waals surface area contributed by atoms with Crippen LogP contribution in [0.4, 0.5) is 0 Å². The van der Waals surface area contributed by atoms with E-state index in [1.807, 2.05) is 6.92 Å². The molecule has 1 saturated carbocycles. The van der Waals surface area contributed by atoms with Crippen LogP contribution in [0.1, 0.15) is 39.0 Å². The summed E-state index contributed by atoms with van der Waals surface area (Å²) >= 11 is 0. The highest BCUT2D eigenvalue weighted by Crippen LogP contribution is 2.26. The number of nitrogens with zero attached hydrogens (tertiary/aromatic N) is 1. The van der Waals surface area contributed by atoms with E-state index in [4.69, 9.17) is 4.74 Å². The average molecular weight is 474 g/mol. The lowest BCUT2D eigenvalue weighted by atomic mass is 9.97. The van der Waals surface area contributed by atoms with Gasteiger partial charge in [0.25, 0.3) is 0 Å². The Morgan fingerprint density at radius 3 is 2.23 bits per heavy atom. The quantitative estimate of drug-likeness (QED) is 0.464. The van der Waals surface area contributed by atoms with E-state index in [1.54, 1.807) is 0 Å². The van der Waals surface area contributed by atoms with E-state index < -0.39 is 20.0 Å². The number of amides is 1. The minimum absolute atomic E-state index is 0.0171. The maximum Gasteiger partial charge on any atom is 0.243 e. The van der Waals surface area contributed by atoms with Crippen LogP contribution < -0.4 is 10.0 Å². The van der Waals surface area contributed by atoms with Crippen molar-refractivity contribution >= 4 is 26.0 Å². The van der Waals surface area contributed by atoms with E-state index >= 15 is 0 Å². The zero-order valence-electron chi connectivity index (χ0n) is 17.7. The van der Waals surface area contributed by atoms with Crippen molar-refractivity contribution in [3.63, 3.8) is 0 Å². The number of hydrogen-bond acceptors (Lipinski definition) is 6. The van der Waals surface area contributed by atoms with Crippen LogP contribution in [0.3, 0.4) is 0 Å². The SMILES string of the molecule is CCOCCCNC(=O)C1CCN(S(=O)(=O)c2ccc(S(=O)(=O)NC3CC3)cc2)CC1. The average Bonchev–Trinajstić information content (AvgIpc) is 3.57. The van der Waals surface area contributed by atoms with Crippen molar-refractivity contribution in [2.24, 2.45) is 5.92 Å². The third-order valence-electron chi connectivity index (χ3n) is 5.46. The van der Waals surface area contributed by atoms with Gasteiger partial charge in [0, 0.05) is 44.8 Å². The summed E-state index contributed by atoms with van der Waals surface area (Å²) in [4.78, 5) is 12.4. The van der Waals surface area contributed by atoms with Gasteiger partial charge in [0.15, 0.2) is 0 Å². The van der Waals surface area contributed by atoms with Crippen molar-refractivity contribution in [2.45, 2.75) is 54.9 Å². The molecule has 0 unspecified atom stereocenters. The summed E-state index contributed by atoms with van der Waals surface area (Å²) in [6.45, 7) is 4.22. The van der Waals surface area contributed by atoms with Gasteiger partial charge in [0.2, 0.25) is 26.0 Å². The summed E-state index contributed by atoms with van der Waals surface area (Å²) < 4.78 is 59.5. The molecule has 31 heavy (non-hydrogen) atoms. The first-order valence-corrected chi connectivity index (χ1v) is 13.6. The van der Waals surface area contributed by atoms with Crippen molar-refractivity contribution in [3.8, 4) is 0 Å². The first-order chi connectivity index (χ1) is 14.7. The molecule has 1 heterocycles. The zero-order chi connectivity index (χ0) is 22.5. The van der Waals surface area contributed by atoms with Crippen molar-refractivity contribution in [1.29, 1.82) is 0 Å². The van der Waals surface area contributed by atoms with Gasteiger partial charge in [-0.1, -0.05) is 0 Å². The number of ether oxygens (including phenoxy) is 1. The summed E-state index contributed by atoms with van der Waals surface area (Å²) in [5, 5.41) is 2.88. The van der Waals surface area contributed by atoms with Crippen LogP contribution in [0.25, 0.3) is 0 Å². The first-order valence-electron chi connectivity index (χ1n) is 10.7. The number of rotatable bonds is 11. The number of carbonyl (C=O) groups is 1. The van der Waals surface area contributed by atoms with Gasteiger partial charge in [-0.05, 0) is 63.3 Å². The summed E-state index contributed by atoms with van der Waals surface area (Å²) in [6.07, 6.45) is 3.30. The molecule has 0 aromatic heterocycles. The number of piperidine rings is 1. The molecule has 2 aliphatic rings. The largest absolute Gasteiger partial charge is 0.382 e. The van der Waals surface area contributed by atoms with Gasteiger partial charge in [-0.15, -0.1) is 0 Å². The van der Waals surface area contributed by atoms with Gasteiger partial charge in [-0.25, -0.2) is 21.6 Å². The Hall–Kier alpha value is -1.53. The summed E-state index contributed by atoms with van der Waals surface area (Å²) in [5.74, 6) is -0.258. The number of sulfonamides is 2. The highest BCUT2D eigenvalue weighted by atomic mass is 32.2. The lowest BCUT2D eigenvalue weighted by Gasteiger charge is -2.30. The molecule has 1 aliphatic carbocycles. The van der Waals surface area contributed by atoms with Crippen LogP contribution in [0, 0.1) is 5.92 Å². The van der Waals surface area contributed by atoms with E-state index in [2.05, 4.69) is 10.0 Å². The van der Waals surface area contributed by atoms with Crippen LogP contribution >= 0.6 is 0 Å². The fraction of sp³-hybridized carbons (Fsp3) is 0.650. The van der Waals surface area contributed by atoms with Crippen molar-refractivity contribution < 1.29 is 26.4 Å². The van der Waals surface area contributed by atoms with Crippen LogP contribution in [0.5, 0.6) is 0 Å². The molecule has 1 aromatic rings. The fourth-order valence-electron chi connectivity index (χ4n) is 3.46. The van der Waals surface area contributed by atoms with Crippen LogP contribution in [0.2, 0.25) is 0 Å². The topological polar surface area (TPSA) is 122 Å². The van der Waals surface area contributed by atoms with Gasteiger partial charge in [0.1, 0.15) is 0 Å². The normalized spacial score (nSPS) is 18.7. The Morgan fingerprint density at radius 1 is 1.03 bits per heavy atom. The van der Waals surface area contributed by atoms with Crippen LogP contribution in [0.15, 0.2) is 34.1 Å². The lowest BCUT2D eigenvalue weighted by Crippen LogP contribution is -2.43. The molecule has 11 heteroatoms. The first kappa shape index (κ1) is 24.1. The minimum atomic E-state index is -3.74. The monoisotopic (exact) mass is 473 g/mol. The van der Waals surface area contributed by atoms with Gasteiger partial charge in [-0.2, -0.15) is 4.31 Å². The zero-order valence-corrected chi connectivity index (χ0v) is 19.4. The van der Waals surface area contributed by atoms with Crippen molar-refractivity contribution in [1.82, 2.24) is 14.3 Å². The fourth-order valence-corrected chi connectivity index (χ4v) is 6.24. The second-order valence-electron chi connectivity index (χ2n) is 7.89. The molecule has 3 rings (SSSR count). The van der Waals surface area contributed by atoms with E-state index in [0.29, 0.717) is 32.6 Å². The van der Waals surface area contributed by atoms with E-state index in [9.17, 15) is 21.6 Å². The molecule has 1 aliphatic heterocycles. The number of nitrogens with one attached hydrogen (secondary N) is 2. The maximum absolute atomic E-state index is 12.9. The van der Waals surface area contributed by atoms with Crippen molar-refractivity contribution in [2.75, 3.05) is 32.8 Å². The maximum atomic E-state index is 12.9. The molecule has 174 valence electrons. The number of carbonyl (C=O) groups excluding carboxylic acids is 1. The van der Waals surface area contributed by atoms with Gasteiger partial charge in [0.05, 0.1) is 9.79 Å². The third kappa shape index (κ3) is 6.48. The number of hydrogen-bond donors (Lipinski definition) is 2. The molecule has 2 fully saturated rings. The molecule has 2 N–H and O–H groups in total. The number of benzene rings is 1. The Morgan fingerprint density at radius 2 is 1.65 bits per heavy atom. The molecule has 0 bridgehead atoms. The highest BCUT2D eigenvalue weighted by molar-refractivity contribution is 7.89. The summed E-state index contributed by atoms with van der Waals surface area (Å²) in [7, 11) is -7.37. The molecular weight excluding hydrogens is 442 g/mol. The predicted octanol–water partition coefficient (Wildman–Crippen LogP) is 1.07. The van der Waals surface area contributed by atoms with E-state index in [0.717, 1.165) is 19.3 Å². The second kappa shape index (κ2) is 10.4. The Kier molecular flexibility index (Phi) is 8.08. The predicted molar refractivity (Wildman–Crippen MR) is 115 cm³/mol. The van der Waals surface area contributed by atoms with Crippen molar-refractivity contribution in [3.05, 3.63) is 24.3 Å². The van der Waals surface area contributed by atoms with Crippen LogP contribution in [-0.2, 0) is 29.6 Å². The molecule has 9 nitrogen and oxygen atoms in total. The van der Waals surface area contributed by atoms with Gasteiger partial charge >= 0.3 is 0 Å². The molecule has 0 spiro atoms. The molecule has 1 saturated heterocycles. The van der Waals surface area contributed by atoms with Gasteiger partial charge in [-0.3, -0.25) is 4.79 Å². The molecule has 1 aromatic carbocycles. The standard InChI is InChI=1S/C20H31N3O6S2/c1-2-29-15-3-12-21-20(24)16-10-13-23(14-11-16)31(27,28)19-8-6-18(7-9-19)30(25,26)22-17-4-5-17/h6-9,16-17,22H,2-5,10-15H2,1H3,(H,21,24). The molecular formula is C20H31N3O6S2. The lowest BCUT2D eigenvalue weighted by molar-refractivity contribution is -0.126. The van der Waals surface area contributed by atoms with E-state index in [1.165, 1.54) is 28.6 Å². The minimum Gasteiger partial charge on any atom is -0.382 e.